The highest BCUT2D eigenvalue weighted by Gasteiger charge is 2.42. The molecule has 1 heterocycles. The molecule has 0 unspecified atom stereocenters. The molecule has 0 aromatic heterocycles. The Balaban J connectivity index is 2.39. The molecule has 25 heavy (non-hydrogen) atoms. The first kappa shape index (κ1) is 19.6. The van der Waals surface area contributed by atoms with Crippen LogP contribution < -0.4 is 0 Å². The maximum Gasteiger partial charge on any atom is 0.336 e. The van der Waals surface area contributed by atoms with Gasteiger partial charge in [-0.2, -0.15) is 0 Å². The van der Waals surface area contributed by atoms with Crippen LogP contribution in [0.2, 0.25) is 0 Å². The number of hydrogen-bond donors (Lipinski definition) is 3. The predicted molar refractivity (Wildman–Crippen MR) is 95.4 cm³/mol. The number of carbonyl (C=O) groups excluding carboxylic acids is 1. The molecular weight excluding hydrogens is 320 g/mol. The molecule has 0 aromatic rings. The first-order chi connectivity index (χ1) is 11.6. The molecule has 1 saturated heterocycles. The van der Waals surface area contributed by atoms with Gasteiger partial charge in [0.1, 0.15) is 0 Å². The van der Waals surface area contributed by atoms with Crippen molar-refractivity contribution in [3.63, 3.8) is 0 Å². The maximum atomic E-state index is 12.3. The van der Waals surface area contributed by atoms with Crippen molar-refractivity contribution < 1.29 is 24.9 Å². The minimum absolute atomic E-state index is 0.246. The van der Waals surface area contributed by atoms with Crippen LogP contribution in [0.1, 0.15) is 40.0 Å². The normalized spacial score (nSPS) is 35.4. The van der Waals surface area contributed by atoms with E-state index in [1.807, 2.05) is 6.92 Å². The Morgan fingerprint density at radius 3 is 2.68 bits per heavy atom. The summed E-state index contributed by atoms with van der Waals surface area (Å²) < 4.78 is 5.11. The van der Waals surface area contributed by atoms with Crippen LogP contribution in [0, 0.1) is 11.8 Å². The van der Waals surface area contributed by atoms with Gasteiger partial charge in [0.25, 0.3) is 0 Å². The van der Waals surface area contributed by atoms with Crippen molar-refractivity contribution in [3.05, 3.63) is 47.6 Å². The molecule has 5 nitrogen and oxygen atoms in total. The average Bonchev–Trinajstić information content (AvgIpc) is 2.50. The Hall–Kier alpha value is -1.69. The Labute approximate surface area is 149 Å². The van der Waals surface area contributed by atoms with E-state index < -0.39 is 29.9 Å². The number of carbonyl (C=O) groups is 1. The summed E-state index contributed by atoms with van der Waals surface area (Å²) in [7, 11) is 0. The first-order valence-electron chi connectivity index (χ1n) is 8.62. The first-order valence-corrected chi connectivity index (χ1v) is 8.62. The standard InChI is InChI=1S/C20H28O5/c1-12-7-8-15-16(6-5-9-20(3,4)24)18(22)25-19(23)17(15)13(2)11-14(21)10-12/h5-6,9-10,14-15,17,19,21,23-24H,2,7-8,11H2,1,3-4H3/b9-5+,12-10-,16-6+/t14-,15+,17-,19-/m0/s1. The highest BCUT2D eigenvalue weighted by molar-refractivity contribution is 5.90. The van der Waals surface area contributed by atoms with Crippen molar-refractivity contribution in [3.8, 4) is 0 Å². The zero-order chi connectivity index (χ0) is 18.8. The number of allylic oxidation sites excluding steroid dienone is 3. The molecule has 0 spiro atoms. The van der Waals surface area contributed by atoms with Gasteiger partial charge in [-0.3, -0.25) is 0 Å². The lowest BCUT2D eigenvalue weighted by Crippen LogP contribution is -2.42. The van der Waals surface area contributed by atoms with Gasteiger partial charge in [0.2, 0.25) is 6.29 Å². The van der Waals surface area contributed by atoms with Crippen molar-refractivity contribution in [2.45, 2.75) is 58.0 Å². The Kier molecular flexibility index (Phi) is 6.03. The van der Waals surface area contributed by atoms with Gasteiger partial charge in [-0.25, -0.2) is 4.79 Å². The van der Waals surface area contributed by atoms with Crippen LogP contribution >= 0.6 is 0 Å². The summed E-state index contributed by atoms with van der Waals surface area (Å²) in [5.74, 6) is -1.25. The van der Waals surface area contributed by atoms with Crippen LogP contribution in [-0.2, 0) is 9.53 Å². The Bertz CT molecular complexity index is 620. The van der Waals surface area contributed by atoms with E-state index in [2.05, 4.69) is 6.58 Å². The average molecular weight is 348 g/mol. The predicted octanol–water partition coefficient (Wildman–Crippen LogP) is 2.39. The lowest BCUT2D eigenvalue weighted by Gasteiger charge is -2.37. The number of fused-ring (bicyclic) bond motifs is 1. The fraction of sp³-hybridized carbons (Fsp3) is 0.550. The molecule has 4 atom stereocenters. The minimum atomic E-state index is -1.26. The highest BCUT2D eigenvalue weighted by Crippen LogP contribution is 2.41. The van der Waals surface area contributed by atoms with Crippen molar-refractivity contribution in [1.82, 2.24) is 0 Å². The smallest absolute Gasteiger partial charge is 0.336 e. The Morgan fingerprint density at radius 2 is 2.04 bits per heavy atom. The van der Waals surface area contributed by atoms with Crippen molar-refractivity contribution in [2.24, 2.45) is 11.8 Å². The van der Waals surface area contributed by atoms with Crippen molar-refractivity contribution in [2.75, 3.05) is 0 Å². The van der Waals surface area contributed by atoms with Crippen LogP contribution in [0.4, 0.5) is 0 Å². The second-order valence-electron chi connectivity index (χ2n) is 7.54. The third kappa shape index (κ3) is 5.14. The minimum Gasteiger partial charge on any atom is -0.432 e. The van der Waals surface area contributed by atoms with Crippen LogP contribution in [0.3, 0.4) is 0 Å². The van der Waals surface area contributed by atoms with E-state index in [4.69, 9.17) is 4.74 Å². The van der Waals surface area contributed by atoms with Gasteiger partial charge < -0.3 is 20.1 Å². The number of aliphatic hydroxyl groups is 3. The van der Waals surface area contributed by atoms with Gasteiger partial charge >= 0.3 is 5.97 Å². The van der Waals surface area contributed by atoms with Crippen LogP contribution in [0.15, 0.2) is 47.6 Å². The van der Waals surface area contributed by atoms with E-state index in [1.54, 1.807) is 38.2 Å². The van der Waals surface area contributed by atoms with Gasteiger partial charge in [0.15, 0.2) is 0 Å². The van der Waals surface area contributed by atoms with Crippen LogP contribution in [0.25, 0.3) is 0 Å². The zero-order valence-corrected chi connectivity index (χ0v) is 15.1. The maximum absolute atomic E-state index is 12.3. The molecule has 2 rings (SSSR count). The van der Waals surface area contributed by atoms with Crippen LogP contribution in [-0.4, -0.2) is 39.3 Å². The lowest BCUT2D eigenvalue weighted by atomic mass is 9.75. The number of rotatable bonds is 2. The molecule has 3 N–H and O–H groups in total. The SMILES string of the molecule is C=C1C[C@@H](O)/C=C(/C)CC[C@@H]2/C(=C\C=C\C(C)(C)O)C(=O)O[C@H](O)[C@@H]12. The second-order valence-corrected chi connectivity index (χ2v) is 7.54. The molecule has 0 amide bonds. The largest absolute Gasteiger partial charge is 0.432 e. The molecular formula is C20H28O5. The number of ether oxygens (including phenoxy) is 1. The summed E-state index contributed by atoms with van der Waals surface area (Å²) in [6.07, 6.45) is 6.43. The molecule has 5 heteroatoms. The van der Waals surface area contributed by atoms with Crippen molar-refractivity contribution >= 4 is 5.97 Å². The van der Waals surface area contributed by atoms with E-state index in [1.165, 1.54) is 0 Å². The van der Waals surface area contributed by atoms with E-state index in [0.717, 1.165) is 5.57 Å². The molecule has 1 aliphatic carbocycles. The van der Waals surface area contributed by atoms with Gasteiger partial charge in [0.05, 0.1) is 11.7 Å². The van der Waals surface area contributed by atoms with E-state index in [-0.39, 0.29) is 5.92 Å². The third-order valence-corrected chi connectivity index (χ3v) is 4.65. The second kappa shape index (κ2) is 7.68. The number of cyclic esters (lactones) is 1. The van der Waals surface area contributed by atoms with Crippen LogP contribution in [0.5, 0.6) is 0 Å². The Morgan fingerprint density at radius 1 is 1.36 bits per heavy atom. The molecule has 0 bridgehead atoms. The fourth-order valence-electron chi connectivity index (χ4n) is 3.45. The monoisotopic (exact) mass is 348 g/mol. The van der Waals surface area contributed by atoms with E-state index >= 15 is 0 Å². The summed E-state index contributed by atoms with van der Waals surface area (Å²) in [4.78, 5) is 12.3. The number of hydrogen-bond acceptors (Lipinski definition) is 5. The fourth-order valence-corrected chi connectivity index (χ4v) is 3.45. The van der Waals surface area contributed by atoms with Gasteiger partial charge in [0, 0.05) is 17.4 Å². The topological polar surface area (TPSA) is 87.0 Å². The summed E-state index contributed by atoms with van der Waals surface area (Å²) in [6, 6.07) is 0. The molecule has 1 aliphatic heterocycles. The highest BCUT2D eigenvalue weighted by atomic mass is 16.6. The molecule has 0 saturated carbocycles. The van der Waals surface area contributed by atoms with Gasteiger partial charge in [-0.05, 0) is 40.0 Å². The van der Waals surface area contributed by atoms with Gasteiger partial charge in [-0.1, -0.05) is 42.0 Å². The number of aliphatic hydroxyl groups excluding tert-OH is 2. The summed E-state index contributed by atoms with van der Waals surface area (Å²) in [6.45, 7) is 9.25. The zero-order valence-electron chi connectivity index (χ0n) is 15.1. The quantitative estimate of drug-likeness (QED) is 0.405. The van der Waals surface area contributed by atoms with Crippen molar-refractivity contribution in [1.29, 1.82) is 0 Å². The lowest BCUT2D eigenvalue weighted by molar-refractivity contribution is -0.182. The summed E-state index contributed by atoms with van der Waals surface area (Å²) in [5.41, 5.74) is 1.18. The third-order valence-electron chi connectivity index (χ3n) is 4.65. The van der Waals surface area contributed by atoms with E-state index in [9.17, 15) is 20.1 Å². The van der Waals surface area contributed by atoms with Gasteiger partial charge in [-0.15, -0.1) is 0 Å². The molecule has 0 radical (unpaired) electrons. The van der Waals surface area contributed by atoms with E-state index in [0.29, 0.717) is 30.4 Å². The number of esters is 1. The summed E-state index contributed by atoms with van der Waals surface area (Å²) in [5, 5.41) is 30.2. The molecule has 138 valence electrons. The molecule has 2 aliphatic rings. The molecule has 1 fully saturated rings. The molecule has 0 aromatic carbocycles. The summed E-state index contributed by atoms with van der Waals surface area (Å²) >= 11 is 0.